The lowest BCUT2D eigenvalue weighted by atomic mass is 9.94. The van der Waals surface area contributed by atoms with E-state index in [2.05, 4.69) is 0 Å². The number of benzene rings is 2. The zero-order valence-electron chi connectivity index (χ0n) is 18.8. The van der Waals surface area contributed by atoms with E-state index >= 15 is 0 Å². The molecular formula is C24H25FN2O6. The number of ether oxygens (including phenoxy) is 2. The van der Waals surface area contributed by atoms with Crippen LogP contribution in [0.5, 0.6) is 5.75 Å². The highest BCUT2D eigenvalue weighted by Crippen LogP contribution is 2.41. The number of aliphatic hydroxyl groups is 1. The minimum absolute atomic E-state index is 0.0423. The molecule has 174 valence electrons. The van der Waals surface area contributed by atoms with E-state index < -0.39 is 35.3 Å². The van der Waals surface area contributed by atoms with Gasteiger partial charge in [-0.3, -0.25) is 9.59 Å². The highest BCUT2D eigenvalue weighted by atomic mass is 19.1. The molecule has 0 aliphatic carbocycles. The summed E-state index contributed by atoms with van der Waals surface area (Å²) in [6.45, 7) is 0.672. The fourth-order valence-corrected chi connectivity index (χ4v) is 3.69. The third kappa shape index (κ3) is 4.73. The van der Waals surface area contributed by atoms with Crippen molar-refractivity contribution in [2.24, 2.45) is 0 Å². The first kappa shape index (κ1) is 23.9. The molecule has 9 heteroatoms. The number of methoxy groups -OCH3 is 2. The second-order valence-corrected chi connectivity index (χ2v) is 7.75. The summed E-state index contributed by atoms with van der Waals surface area (Å²) >= 11 is 0. The van der Waals surface area contributed by atoms with Crippen LogP contribution < -0.4 is 4.74 Å². The van der Waals surface area contributed by atoms with E-state index in [0.717, 1.165) is 12.1 Å². The van der Waals surface area contributed by atoms with Crippen molar-refractivity contribution in [1.82, 2.24) is 9.80 Å². The van der Waals surface area contributed by atoms with Crippen molar-refractivity contribution in [2.75, 3.05) is 41.4 Å². The molecule has 1 amide bonds. The molecule has 0 aromatic heterocycles. The standard InChI is InChI=1S/C24H25FN2O6/c1-26(2)11-12-27-20(14-5-7-15(8-6-14)24(31)33-4)19(22(29)23(27)30)21(28)17-13-16(25)9-10-18(17)32-3/h5-10,13,20,28H,11-12H2,1-4H3/b21-19+/t20-/m1/s1. The van der Waals surface area contributed by atoms with Crippen LogP contribution in [0.3, 0.4) is 0 Å². The molecule has 2 aromatic rings. The van der Waals surface area contributed by atoms with Gasteiger partial charge in [0.05, 0.1) is 37.0 Å². The second-order valence-electron chi connectivity index (χ2n) is 7.75. The van der Waals surface area contributed by atoms with Gasteiger partial charge >= 0.3 is 5.97 Å². The van der Waals surface area contributed by atoms with E-state index in [9.17, 15) is 23.9 Å². The van der Waals surface area contributed by atoms with Crippen LogP contribution in [0.4, 0.5) is 4.39 Å². The van der Waals surface area contributed by atoms with Crippen molar-refractivity contribution in [3.8, 4) is 5.75 Å². The average molecular weight is 456 g/mol. The van der Waals surface area contributed by atoms with Crippen LogP contribution >= 0.6 is 0 Å². The molecule has 8 nitrogen and oxygen atoms in total. The minimum Gasteiger partial charge on any atom is -0.507 e. The number of carbonyl (C=O) groups is 3. The van der Waals surface area contributed by atoms with E-state index in [1.165, 1.54) is 37.3 Å². The fraction of sp³-hybridized carbons (Fsp3) is 0.292. The van der Waals surface area contributed by atoms with Gasteiger partial charge < -0.3 is 24.4 Å². The van der Waals surface area contributed by atoms with Crippen molar-refractivity contribution >= 4 is 23.4 Å². The first-order chi connectivity index (χ1) is 15.7. The van der Waals surface area contributed by atoms with Gasteiger partial charge in [0.2, 0.25) is 0 Å². The van der Waals surface area contributed by atoms with Gasteiger partial charge in [0.15, 0.2) is 0 Å². The SMILES string of the molecule is COC(=O)c1ccc([C@@H]2/C(=C(\O)c3cc(F)ccc3OC)C(=O)C(=O)N2CCN(C)C)cc1. The molecule has 1 fully saturated rings. The van der Waals surface area contributed by atoms with Crippen LogP contribution in [0.25, 0.3) is 5.76 Å². The number of ketones is 1. The molecule has 1 saturated heterocycles. The Morgan fingerprint density at radius 3 is 2.36 bits per heavy atom. The maximum atomic E-state index is 14.0. The number of amides is 1. The van der Waals surface area contributed by atoms with E-state index in [4.69, 9.17) is 9.47 Å². The smallest absolute Gasteiger partial charge is 0.337 e. The predicted molar refractivity (Wildman–Crippen MR) is 118 cm³/mol. The molecule has 3 rings (SSSR count). The van der Waals surface area contributed by atoms with Gasteiger partial charge in [-0.2, -0.15) is 0 Å². The molecule has 1 heterocycles. The van der Waals surface area contributed by atoms with Gasteiger partial charge in [0.25, 0.3) is 11.7 Å². The summed E-state index contributed by atoms with van der Waals surface area (Å²) in [6, 6.07) is 8.78. The van der Waals surface area contributed by atoms with E-state index in [1.54, 1.807) is 12.1 Å². The van der Waals surface area contributed by atoms with Gasteiger partial charge in [-0.25, -0.2) is 9.18 Å². The lowest BCUT2D eigenvalue weighted by Gasteiger charge is -2.26. The Labute approximate surface area is 190 Å². The maximum Gasteiger partial charge on any atom is 0.337 e. The van der Waals surface area contributed by atoms with E-state index in [0.29, 0.717) is 17.7 Å². The quantitative estimate of drug-likeness (QED) is 0.296. The Hall–Kier alpha value is -3.72. The fourth-order valence-electron chi connectivity index (χ4n) is 3.69. The zero-order valence-corrected chi connectivity index (χ0v) is 18.8. The number of nitrogens with zero attached hydrogens (tertiary/aromatic N) is 2. The predicted octanol–water partition coefficient (Wildman–Crippen LogP) is 2.60. The molecule has 1 aliphatic rings. The Kier molecular flexibility index (Phi) is 7.13. The van der Waals surface area contributed by atoms with Gasteiger partial charge in [-0.1, -0.05) is 12.1 Å². The molecule has 0 radical (unpaired) electrons. The summed E-state index contributed by atoms with van der Waals surface area (Å²) in [5, 5.41) is 11.1. The number of hydrogen-bond donors (Lipinski definition) is 1. The monoisotopic (exact) mass is 456 g/mol. The summed E-state index contributed by atoms with van der Waals surface area (Å²) in [5.74, 6) is -3.24. The first-order valence-electron chi connectivity index (χ1n) is 10.1. The Bertz CT molecular complexity index is 1110. The number of carbonyl (C=O) groups excluding carboxylic acids is 3. The number of likely N-dealkylation sites (N-methyl/N-ethyl adjacent to an activating group) is 1. The van der Waals surface area contributed by atoms with Crippen LogP contribution in [0.1, 0.15) is 27.5 Å². The molecule has 33 heavy (non-hydrogen) atoms. The number of aliphatic hydroxyl groups excluding tert-OH is 1. The summed E-state index contributed by atoms with van der Waals surface area (Å²) in [4.78, 5) is 41.0. The highest BCUT2D eigenvalue weighted by Gasteiger charge is 2.46. The van der Waals surface area contributed by atoms with Crippen LogP contribution in [0.2, 0.25) is 0 Å². The largest absolute Gasteiger partial charge is 0.507 e. The number of halogens is 1. The van der Waals surface area contributed by atoms with Crippen molar-refractivity contribution in [1.29, 1.82) is 0 Å². The van der Waals surface area contributed by atoms with Crippen LogP contribution in [-0.2, 0) is 14.3 Å². The normalized spacial score (nSPS) is 17.5. The van der Waals surface area contributed by atoms with E-state index in [1.807, 2.05) is 19.0 Å². The first-order valence-corrected chi connectivity index (χ1v) is 10.1. The lowest BCUT2D eigenvalue weighted by Crippen LogP contribution is -2.35. The highest BCUT2D eigenvalue weighted by molar-refractivity contribution is 6.46. The number of rotatable bonds is 7. The van der Waals surface area contributed by atoms with Crippen molar-refractivity contribution in [2.45, 2.75) is 6.04 Å². The summed E-state index contributed by atoms with van der Waals surface area (Å²) in [6.07, 6.45) is 0. The Balaban J connectivity index is 2.19. The summed E-state index contributed by atoms with van der Waals surface area (Å²) in [7, 11) is 6.27. The Morgan fingerprint density at radius 1 is 1.12 bits per heavy atom. The van der Waals surface area contributed by atoms with Gasteiger partial charge in [0, 0.05) is 13.1 Å². The topological polar surface area (TPSA) is 96.4 Å². The minimum atomic E-state index is -0.940. The lowest BCUT2D eigenvalue weighted by molar-refractivity contribution is -0.140. The van der Waals surface area contributed by atoms with E-state index in [-0.39, 0.29) is 23.4 Å². The Morgan fingerprint density at radius 2 is 1.79 bits per heavy atom. The molecule has 1 N–H and O–H groups in total. The molecule has 0 unspecified atom stereocenters. The molecule has 1 atom stereocenters. The maximum absolute atomic E-state index is 14.0. The molecule has 1 aliphatic heterocycles. The number of likely N-dealkylation sites (tertiary alicyclic amines) is 1. The van der Waals surface area contributed by atoms with Gasteiger partial charge in [-0.15, -0.1) is 0 Å². The molecule has 0 spiro atoms. The van der Waals surface area contributed by atoms with Crippen LogP contribution in [0.15, 0.2) is 48.0 Å². The van der Waals surface area contributed by atoms with Crippen LogP contribution in [0, 0.1) is 5.82 Å². The third-order valence-electron chi connectivity index (χ3n) is 5.39. The van der Waals surface area contributed by atoms with Crippen LogP contribution in [-0.4, -0.2) is 74.0 Å². The molecule has 0 saturated carbocycles. The molecular weight excluding hydrogens is 431 g/mol. The number of hydrogen-bond acceptors (Lipinski definition) is 7. The summed E-state index contributed by atoms with van der Waals surface area (Å²) < 4.78 is 23.9. The summed E-state index contributed by atoms with van der Waals surface area (Å²) in [5.41, 5.74) is 0.559. The second kappa shape index (κ2) is 9.83. The van der Waals surface area contributed by atoms with Gasteiger partial charge in [-0.05, 0) is 50.0 Å². The number of Topliss-reactive ketones (excluding diaryl/α,β-unsaturated/α-hetero) is 1. The van der Waals surface area contributed by atoms with Gasteiger partial charge in [0.1, 0.15) is 17.3 Å². The van der Waals surface area contributed by atoms with Crippen molar-refractivity contribution in [3.63, 3.8) is 0 Å². The number of esters is 1. The van der Waals surface area contributed by atoms with Crippen molar-refractivity contribution in [3.05, 3.63) is 70.5 Å². The molecule has 0 bridgehead atoms. The third-order valence-corrected chi connectivity index (χ3v) is 5.39. The average Bonchev–Trinajstić information content (AvgIpc) is 3.06. The van der Waals surface area contributed by atoms with Crippen molar-refractivity contribution < 1.29 is 33.4 Å². The molecule has 2 aromatic carbocycles. The zero-order chi connectivity index (χ0) is 24.3.